The zero-order valence-electron chi connectivity index (χ0n) is 11.3. The molecular formula is C13H22N4OS. The second-order valence-corrected chi connectivity index (χ2v) is 5.96. The lowest BCUT2D eigenvalue weighted by Crippen LogP contribution is -2.36. The molecule has 0 radical (unpaired) electrons. The molecule has 0 saturated heterocycles. The van der Waals surface area contributed by atoms with E-state index in [1.54, 1.807) is 18.0 Å². The van der Waals surface area contributed by atoms with Crippen LogP contribution in [0.25, 0.3) is 0 Å². The van der Waals surface area contributed by atoms with Crippen LogP contribution in [0.1, 0.15) is 38.1 Å². The first kappa shape index (κ1) is 14.4. The molecule has 1 fully saturated rings. The summed E-state index contributed by atoms with van der Waals surface area (Å²) in [7, 11) is 0. The van der Waals surface area contributed by atoms with Crippen molar-refractivity contribution >= 4 is 23.5 Å². The molecule has 5 nitrogen and oxygen atoms in total. The standard InChI is InChI=1S/C13H22N4OS/c1-19-9-7-11(14)13(18)16-12-6-8-15-17(12)10-4-2-3-5-10/h6,8,10-11H,2-5,7,9,14H2,1H3,(H,16,18)/t11-/m0/s1. The third-order valence-corrected chi connectivity index (χ3v) is 4.21. The number of rotatable bonds is 6. The van der Waals surface area contributed by atoms with Crippen molar-refractivity contribution in [2.24, 2.45) is 5.73 Å². The highest BCUT2D eigenvalue weighted by atomic mass is 32.2. The van der Waals surface area contributed by atoms with E-state index in [1.165, 1.54) is 12.8 Å². The molecule has 0 unspecified atom stereocenters. The van der Waals surface area contributed by atoms with Gasteiger partial charge in [0.1, 0.15) is 5.82 Å². The fourth-order valence-electron chi connectivity index (χ4n) is 2.45. The van der Waals surface area contributed by atoms with Gasteiger partial charge in [-0.1, -0.05) is 12.8 Å². The first-order valence-electron chi connectivity index (χ1n) is 6.81. The van der Waals surface area contributed by atoms with Crippen LogP contribution in [0.5, 0.6) is 0 Å². The Bertz CT molecular complexity index is 415. The molecular weight excluding hydrogens is 260 g/mol. The summed E-state index contributed by atoms with van der Waals surface area (Å²) in [5.74, 6) is 1.56. The fraction of sp³-hybridized carbons (Fsp3) is 0.692. The first-order chi connectivity index (χ1) is 9.22. The van der Waals surface area contributed by atoms with Crippen molar-refractivity contribution in [3.63, 3.8) is 0 Å². The van der Waals surface area contributed by atoms with Gasteiger partial charge in [0.2, 0.25) is 5.91 Å². The zero-order chi connectivity index (χ0) is 13.7. The molecule has 6 heteroatoms. The van der Waals surface area contributed by atoms with Gasteiger partial charge in [0.15, 0.2) is 0 Å². The van der Waals surface area contributed by atoms with Crippen molar-refractivity contribution in [2.75, 3.05) is 17.3 Å². The molecule has 1 saturated carbocycles. The molecule has 19 heavy (non-hydrogen) atoms. The number of carbonyl (C=O) groups excluding carboxylic acids is 1. The summed E-state index contributed by atoms with van der Waals surface area (Å²) < 4.78 is 1.94. The Hall–Kier alpha value is -1.01. The molecule has 3 N–H and O–H groups in total. The van der Waals surface area contributed by atoms with Crippen LogP contribution in [0.3, 0.4) is 0 Å². The van der Waals surface area contributed by atoms with Crippen LogP contribution in [-0.4, -0.2) is 33.7 Å². The number of nitrogens with one attached hydrogen (secondary N) is 1. The summed E-state index contributed by atoms with van der Waals surface area (Å²) in [6, 6.07) is 1.82. The Morgan fingerprint density at radius 1 is 1.63 bits per heavy atom. The number of nitrogens with two attached hydrogens (primary N) is 1. The molecule has 1 aliphatic rings. The zero-order valence-corrected chi connectivity index (χ0v) is 12.2. The van der Waals surface area contributed by atoms with Gasteiger partial charge in [-0.15, -0.1) is 0 Å². The Balaban J connectivity index is 1.95. The van der Waals surface area contributed by atoms with Crippen molar-refractivity contribution in [3.05, 3.63) is 12.3 Å². The predicted octanol–water partition coefficient (Wildman–Crippen LogP) is 2.02. The molecule has 0 aliphatic heterocycles. The Kier molecular flexibility index (Phi) is 5.27. The lowest BCUT2D eigenvalue weighted by Gasteiger charge is -2.16. The minimum Gasteiger partial charge on any atom is -0.320 e. The summed E-state index contributed by atoms with van der Waals surface area (Å²) in [6.45, 7) is 0. The Labute approximate surface area is 118 Å². The number of anilines is 1. The maximum Gasteiger partial charge on any atom is 0.242 e. The number of hydrogen-bond acceptors (Lipinski definition) is 4. The van der Waals surface area contributed by atoms with Gasteiger partial charge in [-0.25, -0.2) is 4.68 Å². The molecule has 0 bridgehead atoms. The molecule has 1 atom stereocenters. The number of carbonyl (C=O) groups is 1. The second-order valence-electron chi connectivity index (χ2n) is 4.98. The third kappa shape index (κ3) is 3.73. The maximum absolute atomic E-state index is 12.0. The van der Waals surface area contributed by atoms with E-state index < -0.39 is 6.04 Å². The maximum atomic E-state index is 12.0. The molecule has 0 aromatic carbocycles. The van der Waals surface area contributed by atoms with Crippen molar-refractivity contribution in [2.45, 2.75) is 44.2 Å². The number of nitrogens with zero attached hydrogens (tertiary/aromatic N) is 2. The molecule has 0 spiro atoms. The van der Waals surface area contributed by atoms with Gasteiger partial charge in [0.25, 0.3) is 0 Å². The van der Waals surface area contributed by atoms with Gasteiger partial charge in [-0.2, -0.15) is 16.9 Å². The van der Waals surface area contributed by atoms with Crippen LogP contribution in [0.4, 0.5) is 5.82 Å². The number of amides is 1. The largest absolute Gasteiger partial charge is 0.320 e. The monoisotopic (exact) mass is 282 g/mol. The number of aromatic nitrogens is 2. The summed E-state index contributed by atoms with van der Waals surface area (Å²) in [5.41, 5.74) is 5.87. The Morgan fingerprint density at radius 2 is 2.37 bits per heavy atom. The van der Waals surface area contributed by atoms with Crippen molar-refractivity contribution in [3.8, 4) is 0 Å². The highest BCUT2D eigenvalue weighted by molar-refractivity contribution is 7.98. The van der Waals surface area contributed by atoms with Gasteiger partial charge in [-0.3, -0.25) is 4.79 Å². The Morgan fingerprint density at radius 3 is 3.05 bits per heavy atom. The van der Waals surface area contributed by atoms with Crippen LogP contribution >= 0.6 is 11.8 Å². The van der Waals surface area contributed by atoms with E-state index in [0.717, 1.165) is 24.4 Å². The average Bonchev–Trinajstić information content (AvgIpc) is 3.05. The summed E-state index contributed by atoms with van der Waals surface area (Å²) in [6.07, 6.45) is 9.22. The van der Waals surface area contributed by atoms with E-state index in [2.05, 4.69) is 10.4 Å². The van der Waals surface area contributed by atoms with Crippen molar-refractivity contribution < 1.29 is 4.79 Å². The average molecular weight is 282 g/mol. The van der Waals surface area contributed by atoms with Crippen LogP contribution in [-0.2, 0) is 4.79 Å². The highest BCUT2D eigenvalue weighted by Gasteiger charge is 2.21. The normalized spacial score (nSPS) is 17.6. The fourth-order valence-corrected chi connectivity index (χ4v) is 2.94. The van der Waals surface area contributed by atoms with Crippen LogP contribution in [0, 0.1) is 0 Å². The summed E-state index contributed by atoms with van der Waals surface area (Å²) in [5, 5.41) is 7.23. The van der Waals surface area contributed by atoms with Gasteiger partial charge >= 0.3 is 0 Å². The van der Waals surface area contributed by atoms with Crippen molar-refractivity contribution in [1.29, 1.82) is 0 Å². The van der Waals surface area contributed by atoms with E-state index >= 15 is 0 Å². The molecule has 1 amide bonds. The van der Waals surface area contributed by atoms with E-state index in [9.17, 15) is 4.79 Å². The smallest absolute Gasteiger partial charge is 0.242 e. The minimum atomic E-state index is -0.445. The van der Waals surface area contributed by atoms with E-state index in [-0.39, 0.29) is 5.91 Å². The van der Waals surface area contributed by atoms with Gasteiger partial charge in [0.05, 0.1) is 18.3 Å². The molecule has 106 valence electrons. The molecule has 2 rings (SSSR count). The molecule has 1 aromatic heterocycles. The van der Waals surface area contributed by atoms with Gasteiger partial charge in [-0.05, 0) is 31.3 Å². The number of hydrogen-bond donors (Lipinski definition) is 2. The number of thioether (sulfide) groups is 1. The third-order valence-electron chi connectivity index (χ3n) is 3.56. The predicted molar refractivity (Wildman–Crippen MR) is 79.3 cm³/mol. The van der Waals surface area contributed by atoms with E-state index in [1.807, 2.05) is 17.0 Å². The quantitative estimate of drug-likeness (QED) is 0.837. The lowest BCUT2D eigenvalue weighted by atomic mass is 10.2. The SMILES string of the molecule is CSCC[C@H](N)C(=O)Nc1ccnn1C1CCCC1. The van der Waals surface area contributed by atoms with Crippen LogP contribution < -0.4 is 11.1 Å². The van der Waals surface area contributed by atoms with Crippen LogP contribution in [0.15, 0.2) is 12.3 Å². The summed E-state index contributed by atoms with van der Waals surface area (Å²) >= 11 is 1.70. The first-order valence-corrected chi connectivity index (χ1v) is 8.20. The van der Waals surface area contributed by atoms with Crippen LogP contribution in [0.2, 0.25) is 0 Å². The van der Waals surface area contributed by atoms with E-state index in [4.69, 9.17) is 5.73 Å². The topological polar surface area (TPSA) is 72.9 Å². The molecule has 1 heterocycles. The minimum absolute atomic E-state index is 0.117. The second kappa shape index (κ2) is 6.96. The summed E-state index contributed by atoms with van der Waals surface area (Å²) in [4.78, 5) is 12.0. The lowest BCUT2D eigenvalue weighted by molar-refractivity contribution is -0.117. The van der Waals surface area contributed by atoms with Crippen molar-refractivity contribution in [1.82, 2.24) is 9.78 Å². The van der Waals surface area contributed by atoms with Gasteiger partial charge < -0.3 is 11.1 Å². The highest BCUT2D eigenvalue weighted by Crippen LogP contribution is 2.31. The van der Waals surface area contributed by atoms with E-state index in [0.29, 0.717) is 12.5 Å². The van der Waals surface area contributed by atoms with Gasteiger partial charge in [0, 0.05) is 6.07 Å². The molecule has 1 aliphatic carbocycles. The molecule has 1 aromatic rings.